The second-order valence-corrected chi connectivity index (χ2v) is 6.11. The first-order chi connectivity index (χ1) is 11.1. The lowest BCUT2D eigenvalue weighted by Gasteiger charge is -2.26. The number of piperidine rings is 1. The van der Waals surface area contributed by atoms with Gasteiger partial charge in [-0.15, -0.1) is 0 Å². The van der Waals surface area contributed by atoms with E-state index in [4.69, 9.17) is 4.74 Å². The quantitative estimate of drug-likeness (QED) is 0.855. The zero-order chi connectivity index (χ0) is 16.2. The van der Waals surface area contributed by atoms with Crippen molar-refractivity contribution < 1.29 is 9.53 Å². The number of nitrogens with zero attached hydrogens (tertiary/aromatic N) is 2. The first-order valence-corrected chi connectivity index (χ1v) is 8.20. The highest BCUT2D eigenvalue weighted by atomic mass is 16.5. The molecule has 0 spiro atoms. The molecule has 0 saturated carbocycles. The van der Waals surface area contributed by atoms with Crippen LogP contribution in [-0.4, -0.2) is 40.1 Å². The SMILES string of the molecule is CC(=O)OCCn1c(=O)[nH]c2cc(CN3CCCCC3)ccc21. The van der Waals surface area contributed by atoms with Crippen molar-refractivity contribution in [1.82, 2.24) is 14.5 Å². The molecule has 3 rings (SSSR count). The van der Waals surface area contributed by atoms with Gasteiger partial charge in [-0.2, -0.15) is 0 Å². The summed E-state index contributed by atoms with van der Waals surface area (Å²) in [5.74, 6) is -0.332. The Hall–Kier alpha value is -2.08. The molecule has 0 atom stereocenters. The fourth-order valence-electron chi connectivity index (χ4n) is 3.19. The van der Waals surface area contributed by atoms with E-state index in [0.717, 1.165) is 30.7 Å². The molecule has 0 amide bonds. The number of ether oxygens (including phenoxy) is 1. The first-order valence-electron chi connectivity index (χ1n) is 8.20. The van der Waals surface area contributed by atoms with Gasteiger partial charge in [0.2, 0.25) is 0 Å². The average Bonchev–Trinajstić information content (AvgIpc) is 2.83. The molecule has 0 aliphatic carbocycles. The Morgan fingerprint density at radius 2 is 2.04 bits per heavy atom. The van der Waals surface area contributed by atoms with Gasteiger partial charge in [0, 0.05) is 13.5 Å². The van der Waals surface area contributed by atoms with Gasteiger partial charge in [-0.1, -0.05) is 12.5 Å². The van der Waals surface area contributed by atoms with Gasteiger partial charge in [0.05, 0.1) is 17.6 Å². The lowest BCUT2D eigenvalue weighted by Crippen LogP contribution is -2.29. The number of benzene rings is 1. The number of aromatic amines is 1. The van der Waals surface area contributed by atoms with Crippen molar-refractivity contribution in [2.45, 2.75) is 39.3 Å². The van der Waals surface area contributed by atoms with Gasteiger partial charge < -0.3 is 9.72 Å². The second kappa shape index (κ2) is 7.00. The number of carbonyl (C=O) groups excluding carboxylic acids is 1. The minimum absolute atomic E-state index is 0.165. The van der Waals surface area contributed by atoms with Crippen LogP contribution in [0.4, 0.5) is 0 Å². The summed E-state index contributed by atoms with van der Waals surface area (Å²) >= 11 is 0. The number of likely N-dealkylation sites (tertiary alicyclic amines) is 1. The highest BCUT2D eigenvalue weighted by Crippen LogP contribution is 2.17. The molecule has 124 valence electrons. The Labute approximate surface area is 135 Å². The van der Waals surface area contributed by atoms with Crippen LogP contribution in [0.25, 0.3) is 11.0 Å². The Kier molecular flexibility index (Phi) is 4.81. The molecule has 1 fully saturated rings. The lowest BCUT2D eigenvalue weighted by atomic mass is 10.1. The van der Waals surface area contributed by atoms with Crippen molar-refractivity contribution in [3.63, 3.8) is 0 Å². The minimum Gasteiger partial charge on any atom is -0.464 e. The van der Waals surface area contributed by atoms with E-state index in [1.807, 2.05) is 12.1 Å². The third-order valence-corrected chi connectivity index (χ3v) is 4.31. The van der Waals surface area contributed by atoms with Crippen LogP contribution in [0.3, 0.4) is 0 Å². The summed E-state index contributed by atoms with van der Waals surface area (Å²) in [5.41, 5.74) is 2.74. The topological polar surface area (TPSA) is 67.3 Å². The van der Waals surface area contributed by atoms with Gasteiger partial charge in [0.15, 0.2) is 0 Å². The van der Waals surface area contributed by atoms with E-state index >= 15 is 0 Å². The van der Waals surface area contributed by atoms with E-state index in [9.17, 15) is 9.59 Å². The van der Waals surface area contributed by atoms with E-state index in [1.165, 1.54) is 31.7 Å². The van der Waals surface area contributed by atoms with Gasteiger partial charge in [-0.3, -0.25) is 14.3 Å². The maximum Gasteiger partial charge on any atom is 0.326 e. The average molecular weight is 317 g/mol. The Morgan fingerprint density at radius 1 is 1.26 bits per heavy atom. The number of imidazole rings is 1. The van der Waals surface area contributed by atoms with Crippen LogP contribution in [0.1, 0.15) is 31.7 Å². The fraction of sp³-hybridized carbons (Fsp3) is 0.529. The van der Waals surface area contributed by atoms with Gasteiger partial charge in [0.1, 0.15) is 6.61 Å². The van der Waals surface area contributed by atoms with E-state index < -0.39 is 0 Å². The summed E-state index contributed by atoms with van der Waals surface area (Å²) in [6.07, 6.45) is 3.87. The van der Waals surface area contributed by atoms with Crippen molar-refractivity contribution in [2.24, 2.45) is 0 Å². The summed E-state index contributed by atoms with van der Waals surface area (Å²) < 4.78 is 6.54. The molecular formula is C17H23N3O3. The van der Waals surface area contributed by atoms with Gasteiger partial charge >= 0.3 is 11.7 Å². The van der Waals surface area contributed by atoms with Crippen molar-refractivity contribution in [3.8, 4) is 0 Å². The molecule has 1 aliphatic heterocycles. The third kappa shape index (κ3) is 3.82. The molecule has 6 heteroatoms. The van der Waals surface area contributed by atoms with Crippen molar-refractivity contribution in [3.05, 3.63) is 34.2 Å². The Bertz CT molecular complexity index is 741. The summed E-state index contributed by atoms with van der Waals surface area (Å²) in [5, 5.41) is 0. The van der Waals surface area contributed by atoms with Crippen LogP contribution in [-0.2, 0) is 22.6 Å². The van der Waals surface area contributed by atoms with Gasteiger partial charge in [-0.25, -0.2) is 4.79 Å². The zero-order valence-electron chi connectivity index (χ0n) is 13.5. The normalized spacial score (nSPS) is 15.9. The molecule has 1 aliphatic rings. The molecule has 2 heterocycles. The lowest BCUT2D eigenvalue weighted by molar-refractivity contribution is -0.141. The number of aromatic nitrogens is 2. The molecule has 1 aromatic heterocycles. The Morgan fingerprint density at radius 3 is 2.78 bits per heavy atom. The number of carbonyl (C=O) groups is 1. The maximum atomic E-state index is 12.1. The molecule has 0 radical (unpaired) electrons. The van der Waals surface area contributed by atoms with E-state index in [1.54, 1.807) is 4.57 Å². The van der Waals surface area contributed by atoms with E-state index in [2.05, 4.69) is 16.0 Å². The van der Waals surface area contributed by atoms with Crippen LogP contribution in [0.5, 0.6) is 0 Å². The van der Waals surface area contributed by atoms with Crippen molar-refractivity contribution in [1.29, 1.82) is 0 Å². The number of esters is 1. The number of fused-ring (bicyclic) bond motifs is 1. The molecule has 23 heavy (non-hydrogen) atoms. The van der Waals surface area contributed by atoms with Crippen molar-refractivity contribution in [2.75, 3.05) is 19.7 Å². The van der Waals surface area contributed by atoms with E-state index in [0.29, 0.717) is 6.54 Å². The predicted molar refractivity (Wildman–Crippen MR) is 88.3 cm³/mol. The second-order valence-electron chi connectivity index (χ2n) is 6.11. The summed E-state index contributed by atoms with van der Waals surface area (Å²) in [6.45, 7) is 5.17. The highest BCUT2D eigenvalue weighted by Gasteiger charge is 2.12. The Balaban J connectivity index is 1.75. The fourth-order valence-corrected chi connectivity index (χ4v) is 3.19. The predicted octanol–water partition coefficient (Wildman–Crippen LogP) is 1.88. The molecule has 2 aromatic rings. The number of rotatable bonds is 5. The summed E-state index contributed by atoms with van der Waals surface area (Å²) in [7, 11) is 0. The number of nitrogens with one attached hydrogen (secondary N) is 1. The largest absolute Gasteiger partial charge is 0.464 e. The van der Waals surface area contributed by atoms with E-state index in [-0.39, 0.29) is 18.3 Å². The molecule has 0 bridgehead atoms. The van der Waals surface area contributed by atoms with Crippen molar-refractivity contribution >= 4 is 17.0 Å². The summed E-state index contributed by atoms with van der Waals surface area (Å²) in [4.78, 5) is 28.3. The molecule has 0 unspecified atom stereocenters. The molecule has 6 nitrogen and oxygen atoms in total. The van der Waals surface area contributed by atoms with Gasteiger partial charge in [-0.05, 0) is 43.6 Å². The van der Waals surface area contributed by atoms with Crippen LogP contribution < -0.4 is 5.69 Å². The first kappa shape index (κ1) is 15.8. The zero-order valence-corrected chi connectivity index (χ0v) is 13.5. The smallest absolute Gasteiger partial charge is 0.326 e. The minimum atomic E-state index is -0.332. The van der Waals surface area contributed by atoms with Crippen LogP contribution >= 0.6 is 0 Å². The molecule has 1 N–H and O–H groups in total. The molecule has 1 saturated heterocycles. The number of H-pyrrole nitrogens is 1. The van der Waals surface area contributed by atoms with Gasteiger partial charge in [0.25, 0.3) is 0 Å². The number of hydrogen-bond acceptors (Lipinski definition) is 4. The van der Waals surface area contributed by atoms with Crippen LogP contribution in [0.2, 0.25) is 0 Å². The summed E-state index contributed by atoms with van der Waals surface area (Å²) in [6, 6.07) is 6.10. The van der Waals surface area contributed by atoms with Crippen LogP contribution in [0.15, 0.2) is 23.0 Å². The molecule has 1 aromatic carbocycles. The monoisotopic (exact) mass is 317 g/mol. The third-order valence-electron chi connectivity index (χ3n) is 4.31. The highest BCUT2D eigenvalue weighted by molar-refractivity contribution is 5.76. The maximum absolute atomic E-state index is 12.1. The standard InChI is InChI=1S/C17H23N3O3/c1-13(21)23-10-9-20-16-6-5-14(11-15(16)18-17(20)22)12-19-7-3-2-4-8-19/h5-6,11H,2-4,7-10,12H2,1H3,(H,18,22). The van der Waals surface area contributed by atoms with Crippen LogP contribution in [0, 0.1) is 0 Å². The molecular weight excluding hydrogens is 294 g/mol. The number of hydrogen-bond donors (Lipinski definition) is 1.